The summed E-state index contributed by atoms with van der Waals surface area (Å²) in [6.45, 7) is 0.0805. The van der Waals surface area contributed by atoms with Gasteiger partial charge in [-0.3, -0.25) is 4.79 Å². The summed E-state index contributed by atoms with van der Waals surface area (Å²) in [4.78, 5) is 15.7. The van der Waals surface area contributed by atoms with Crippen LogP contribution in [0.3, 0.4) is 0 Å². The van der Waals surface area contributed by atoms with Crippen LogP contribution in [0.25, 0.3) is 0 Å². The highest BCUT2D eigenvalue weighted by atomic mass is 19.1. The molecule has 0 unspecified atom stereocenters. The van der Waals surface area contributed by atoms with Crippen LogP contribution in [0.5, 0.6) is 0 Å². The van der Waals surface area contributed by atoms with E-state index in [9.17, 15) is 13.6 Å². The molecule has 2 aromatic rings. The third kappa shape index (κ3) is 3.61. The Morgan fingerprint density at radius 3 is 2.41 bits per heavy atom. The molecule has 2 rings (SSSR count). The first-order valence-electron chi connectivity index (χ1n) is 6.85. The fraction of sp³-hybridized carbons (Fsp3) is 0.235. The third-order valence-electron chi connectivity index (χ3n) is 3.38. The Balaban J connectivity index is 2.17. The van der Waals surface area contributed by atoms with Gasteiger partial charge in [0.25, 0.3) is 5.91 Å². The zero-order chi connectivity index (χ0) is 16.3. The van der Waals surface area contributed by atoms with E-state index in [0.717, 1.165) is 11.8 Å². The monoisotopic (exact) mass is 304 g/mol. The fourth-order valence-electron chi connectivity index (χ4n) is 2.11. The quantitative estimate of drug-likeness (QED) is 0.865. The van der Waals surface area contributed by atoms with E-state index >= 15 is 0 Å². The first kappa shape index (κ1) is 15.9. The van der Waals surface area contributed by atoms with Crippen molar-refractivity contribution < 1.29 is 13.6 Å². The van der Waals surface area contributed by atoms with E-state index in [-0.39, 0.29) is 18.0 Å². The summed E-state index contributed by atoms with van der Waals surface area (Å²) < 4.78 is 26.6. The van der Waals surface area contributed by atoms with Gasteiger partial charge in [0.1, 0.15) is 11.6 Å². The molecule has 1 amide bonds. The molecule has 0 radical (unpaired) electrons. The van der Waals surface area contributed by atoms with Gasteiger partial charge in [-0.15, -0.1) is 0 Å². The summed E-state index contributed by atoms with van der Waals surface area (Å²) in [7, 11) is 5.37. The molecular weight excluding hydrogens is 286 g/mol. The number of amides is 1. The van der Waals surface area contributed by atoms with E-state index in [1.54, 1.807) is 25.2 Å². The predicted octanol–water partition coefficient (Wildman–Crippen LogP) is 3.30. The van der Waals surface area contributed by atoms with Gasteiger partial charge >= 0.3 is 0 Å². The maximum Gasteiger partial charge on any atom is 0.253 e. The molecule has 0 saturated carbocycles. The molecule has 2 aromatic carbocycles. The van der Waals surface area contributed by atoms with Gasteiger partial charge in [-0.2, -0.15) is 0 Å². The third-order valence-corrected chi connectivity index (χ3v) is 3.38. The van der Waals surface area contributed by atoms with Crippen molar-refractivity contribution in [1.29, 1.82) is 0 Å². The van der Waals surface area contributed by atoms with Crippen molar-refractivity contribution >= 4 is 11.6 Å². The highest BCUT2D eigenvalue weighted by Crippen LogP contribution is 2.17. The van der Waals surface area contributed by atoms with Crippen molar-refractivity contribution in [3.63, 3.8) is 0 Å². The van der Waals surface area contributed by atoms with Crippen molar-refractivity contribution in [3.05, 3.63) is 65.2 Å². The number of halogens is 2. The topological polar surface area (TPSA) is 23.6 Å². The fourth-order valence-corrected chi connectivity index (χ4v) is 2.11. The van der Waals surface area contributed by atoms with Crippen LogP contribution in [0.2, 0.25) is 0 Å². The zero-order valence-electron chi connectivity index (χ0n) is 12.8. The van der Waals surface area contributed by atoms with Crippen LogP contribution < -0.4 is 4.90 Å². The summed E-state index contributed by atoms with van der Waals surface area (Å²) in [6.07, 6.45) is 0. The molecule has 0 bridgehead atoms. The summed E-state index contributed by atoms with van der Waals surface area (Å²) in [6, 6.07) is 10.5. The average molecular weight is 304 g/mol. The lowest BCUT2D eigenvalue weighted by molar-refractivity contribution is 0.0784. The molecule has 0 aliphatic rings. The second-order valence-electron chi connectivity index (χ2n) is 5.34. The molecule has 3 nitrogen and oxygen atoms in total. The van der Waals surface area contributed by atoms with E-state index in [4.69, 9.17) is 0 Å². The second-order valence-corrected chi connectivity index (χ2v) is 5.34. The Kier molecular flexibility index (Phi) is 4.75. The minimum absolute atomic E-state index is 0.0805. The summed E-state index contributed by atoms with van der Waals surface area (Å²) >= 11 is 0. The highest BCUT2D eigenvalue weighted by Gasteiger charge is 2.15. The maximum absolute atomic E-state index is 13.7. The lowest BCUT2D eigenvalue weighted by atomic mass is 10.1. The first-order valence-corrected chi connectivity index (χ1v) is 6.85. The molecule has 0 fully saturated rings. The van der Waals surface area contributed by atoms with Crippen LogP contribution in [0.15, 0.2) is 42.5 Å². The van der Waals surface area contributed by atoms with Gasteiger partial charge in [0.05, 0.1) is 0 Å². The Labute approximate surface area is 128 Å². The average Bonchev–Trinajstić information content (AvgIpc) is 2.49. The van der Waals surface area contributed by atoms with Crippen molar-refractivity contribution in [2.75, 3.05) is 26.0 Å². The largest absolute Gasteiger partial charge is 0.378 e. The maximum atomic E-state index is 13.7. The predicted molar refractivity (Wildman–Crippen MR) is 82.9 cm³/mol. The molecule has 22 heavy (non-hydrogen) atoms. The van der Waals surface area contributed by atoms with Gasteiger partial charge in [-0.05, 0) is 24.3 Å². The van der Waals surface area contributed by atoms with E-state index in [2.05, 4.69) is 0 Å². The molecule has 0 N–H and O–H groups in total. The molecule has 0 saturated heterocycles. The van der Waals surface area contributed by atoms with Crippen LogP contribution >= 0.6 is 0 Å². The van der Waals surface area contributed by atoms with E-state index in [1.165, 1.54) is 17.0 Å². The van der Waals surface area contributed by atoms with Gasteiger partial charge in [0.15, 0.2) is 0 Å². The van der Waals surface area contributed by atoms with Crippen LogP contribution in [0, 0.1) is 11.6 Å². The smallest absolute Gasteiger partial charge is 0.253 e. The van der Waals surface area contributed by atoms with Crippen molar-refractivity contribution in [2.24, 2.45) is 0 Å². The molecule has 0 heterocycles. The van der Waals surface area contributed by atoms with E-state index < -0.39 is 11.6 Å². The molecule has 116 valence electrons. The highest BCUT2D eigenvalue weighted by molar-refractivity contribution is 5.95. The molecule has 0 aliphatic heterocycles. The molecule has 0 spiro atoms. The summed E-state index contributed by atoms with van der Waals surface area (Å²) in [5, 5.41) is 0. The summed E-state index contributed by atoms with van der Waals surface area (Å²) in [5.41, 5.74) is 1.71. The molecule has 0 aliphatic carbocycles. The number of carbonyl (C=O) groups excluding carboxylic acids is 1. The Hall–Kier alpha value is -2.43. The van der Waals surface area contributed by atoms with Crippen molar-refractivity contribution in [3.8, 4) is 0 Å². The number of carbonyl (C=O) groups is 1. The molecule has 5 heteroatoms. The Morgan fingerprint density at radius 1 is 1.05 bits per heavy atom. The van der Waals surface area contributed by atoms with E-state index in [0.29, 0.717) is 5.56 Å². The van der Waals surface area contributed by atoms with Crippen molar-refractivity contribution in [2.45, 2.75) is 6.54 Å². The van der Waals surface area contributed by atoms with Gasteiger partial charge in [-0.1, -0.05) is 12.1 Å². The standard InChI is InChI=1S/C17H18F2N2O/c1-20(2)15-6-4-5-12(9-15)17(22)21(3)11-13-7-8-14(18)10-16(13)19/h4-10H,11H2,1-3H3. The molecular formula is C17H18F2N2O. The van der Waals surface area contributed by atoms with Crippen LogP contribution in [0.4, 0.5) is 14.5 Å². The number of anilines is 1. The first-order chi connectivity index (χ1) is 10.4. The minimum Gasteiger partial charge on any atom is -0.378 e. The Morgan fingerprint density at radius 2 is 1.77 bits per heavy atom. The van der Waals surface area contributed by atoms with E-state index in [1.807, 2.05) is 25.1 Å². The number of hydrogen-bond acceptors (Lipinski definition) is 2. The summed E-state index contributed by atoms with van der Waals surface area (Å²) in [5.74, 6) is -1.50. The number of rotatable bonds is 4. The lowest BCUT2D eigenvalue weighted by Gasteiger charge is -2.19. The van der Waals surface area contributed by atoms with Gasteiger partial charge < -0.3 is 9.80 Å². The number of hydrogen-bond donors (Lipinski definition) is 0. The minimum atomic E-state index is -0.651. The van der Waals surface area contributed by atoms with Gasteiger partial charge in [0.2, 0.25) is 0 Å². The van der Waals surface area contributed by atoms with Crippen molar-refractivity contribution in [1.82, 2.24) is 4.90 Å². The SMILES string of the molecule is CN(Cc1ccc(F)cc1F)C(=O)c1cccc(N(C)C)c1. The van der Waals surface area contributed by atoms with Crippen LogP contribution in [-0.2, 0) is 6.54 Å². The zero-order valence-corrected chi connectivity index (χ0v) is 12.8. The molecule has 0 aromatic heterocycles. The second kappa shape index (κ2) is 6.56. The number of nitrogens with zero attached hydrogens (tertiary/aromatic N) is 2. The molecule has 0 atom stereocenters. The van der Waals surface area contributed by atoms with Gasteiger partial charge in [-0.25, -0.2) is 8.78 Å². The van der Waals surface area contributed by atoms with Gasteiger partial charge in [0, 0.05) is 50.6 Å². The van der Waals surface area contributed by atoms with Crippen LogP contribution in [0.1, 0.15) is 15.9 Å². The number of benzene rings is 2. The normalized spacial score (nSPS) is 10.4. The Bertz CT molecular complexity index is 686. The lowest BCUT2D eigenvalue weighted by Crippen LogP contribution is -2.26. The van der Waals surface area contributed by atoms with Crippen LogP contribution in [-0.4, -0.2) is 32.0 Å².